The quantitative estimate of drug-likeness (QED) is 0.586. The van der Waals surface area contributed by atoms with Crippen LogP contribution in [0.25, 0.3) is 0 Å². The van der Waals surface area contributed by atoms with Crippen molar-refractivity contribution in [2.24, 2.45) is 5.92 Å². The molecule has 0 bridgehead atoms. The summed E-state index contributed by atoms with van der Waals surface area (Å²) in [5, 5.41) is 0. The summed E-state index contributed by atoms with van der Waals surface area (Å²) >= 11 is 0. The molecule has 2 aromatic rings. The van der Waals surface area contributed by atoms with Gasteiger partial charge in [0.1, 0.15) is 5.75 Å². The fourth-order valence-electron chi connectivity index (χ4n) is 5.49. The number of hydrogen-bond acceptors (Lipinski definition) is 3. The zero-order chi connectivity index (χ0) is 23.2. The zero-order valence-corrected chi connectivity index (χ0v) is 19.9. The number of carbonyl (C=O) groups is 2. The SMILES string of the molecule is CCCCN1C(=O)CCC(C(=O)N2CCC(c3ccccc3)CC2)C1c1ccccc1OC. The van der Waals surface area contributed by atoms with E-state index in [1.807, 2.05) is 34.1 Å². The van der Waals surface area contributed by atoms with Crippen molar-refractivity contribution in [2.45, 2.75) is 57.4 Å². The third-order valence-electron chi connectivity index (χ3n) is 7.31. The van der Waals surface area contributed by atoms with Gasteiger partial charge in [0, 0.05) is 31.6 Å². The summed E-state index contributed by atoms with van der Waals surface area (Å²) in [5.74, 6) is 1.36. The number of methoxy groups -OCH3 is 1. The molecular formula is C28H36N2O3. The number of hydrogen-bond donors (Lipinski definition) is 0. The summed E-state index contributed by atoms with van der Waals surface area (Å²) in [6, 6.07) is 18.2. The van der Waals surface area contributed by atoms with Crippen molar-refractivity contribution in [3.05, 3.63) is 65.7 Å². The highest BCUT2D eigenvalue weighted by Gasteiger charge is 2.43. The van der Waals surface area contributed by atoms with Crippen LogP contribution >= 0.6 is 0 Å². The largest absolute Gasteiger partial charge is 0.496 e. The number of unbranched alkanes of at least 4 members (excludes halogenated alkanes) is 1. The average Bonchev–Trinajstić information content (AvgIpc) is 2.88. The Morgan fingerprint density at radius 2 is 1.70 bits per heavy atom. The molecule has 2 amide bonds. The van der Waals surface area contributed by atoms with Gasteiger partial charge in [0.2, 0.25) is 11.8 Å². The van der Waals surface area contributed by atoms with Gasteiger partial charge in [-0.05, 0) is 43.2 Å². The van der Waals surface area contributed by atoms with E-state index in [1.165, 1.54) is 5.56 Å². The summed E-state index contributed by atoms with van der Waals surface area (Å²) in [6.07, 6.45) is 4.95. The Morgan fingerprint density at radius 1 is 1.00 bits per heavy atom. The van der Waals surface area contributed by atoms with E-state index in [0.717, 1.165) is 50.1 Å². The lowest BCUT2D eigenvalue weighted by Crippen LogP contribution is -2.50. The van der Waals surface area contributed by atoms with Gasteiger partial charge in [-0.2, -0.15) is 0 Å². The minimum Gasteiger partial charge on any atom is -0.496 e. The highest BCUT2D eigenvalue weighted by molar-refractivity contribution is 5.85. The molecular weight excluding hydrogens is 412 g/mol. The van der Waals surface area contributed by atoms with E-state index in [2.05, 4.69) is 37.3 Å². The lowest BCUT2D eigenvalue weighted by atomic mass is 9.81. The number of likely N-dealkylation sites (tertiary alicyclic amines) is 2. The van der Waals surface area contributed by atoms with E-state index in [9.17, 15) is 9.59 Å². The Balaban J connectivity index is 1.56. The van der Waals surface area contributed by atoms with E-state index in [-0.39, 0.29) is 23.8 Å². The number of benzene rings is 2. The predicted octanol–water partition coefficient (Wildman–Crippen LogP) is 5.18. The Bertz CT molecular complexity index is 937. The van der Waals surface area contributed by atoms with Gasteiger partial charge in [-0.15, -0.1) is 0 Å². The number of ether oxygens (including phenoxy) is 1. The van der Waals surface area contributed by atoms with Crippen molar-refractivity contribution in [3.8, 4) is 5.75 Å². The molecule has 0 aliphatic carbocycles. The Morgan fingerprint density at radius 3 is 2.39 bits per heavy atom. The van der Waals surface area contributed by atoms with Crippen molar-refractivity contribution in [1.29, 1.82) is 0 Å². The highest BCUT2D eigenvalue weighted by Crippen LogP contribution is 2.42. The first-order valence-corrected chi connectivity index (χ1v) is 12.4. The summed E-state index contributed by atoms with van der Waals surface area (Å²) in [6.45, 7) is 4.36. The summed E-state index contributed by atoms with van der Waals surface area (Å²) in [7, 11) is 1.66. The summed E-state index contributed by atoms with van der Waals surface area (Å²) in [5.41, 5.74) is 2.31. The Labute approximate surface area is 197 Å². The third kappa shape index (κ3) is 5.07. The van der Waals surface area contributed by atoms with Crippen LogP contribution in [0.15, 0.2) is 54.6 Å². The molecule has 2 aliphatic rings. The highest BCUT2D eigenvalue weighted by atomic mass is 16.5. The smallest absolute Gasteiger partial charge is 0.228 e. The monoisotopic (exact) mass is 448 g/mol. The molecule has 2 aromatic carbocycles. The number of nitrogens with zero attached hydrogens (tertiary/aromatic N) is 2. The number of carbonyl (C=O) groups excluding carboxylic acids is 2. The van der Waals surface area contributed by atoms with Crippen LogP contribution in [0.1, 0.15) is 68.5 Å². The maximum absolute atomic E-state index is 13.9. The molecule has 2 fully saturated rings. The number of piperidine rings is 2. The van der Waals surface area contributed by atoms with Gasteiger partial charge in [-0.25, -0.2) is 0 Å². The average molecular weight is 449 g/mol. The second-order valence-corrected chi connectivity index (χ2v) is 9.28. The molecule has 0 N–H and O–H groups in total. The van der Waals surface area contributed by atoms with E-state index in [4.69, 9.17) is 4.74 Å². The first-order valence-electron chi connectivity index (χ1n) is 12.4. The van der Waals surface area contributed by atoms with E-state index >= 15 is 0 Å². The van der Waals surface area contributed by atoms with E-state index in [1.54, 1.807) is 7.11 Å². The molecule has 2 atom stereocenters. The molecule has 5 heteroatoms. The second-order valence-electron chi connectivity index (χ2n) is 9.28. The van der Waals surface area contributed by atoms with Crippen molar-refractivity contribution in [1.82, 2.24) is 9.80 Å². The van der Waals surface area contributed by atoms with Crippen LogP contribution in [0.4, 0.5) is 0 Å². The fourth-order valence-corrected chi connectivity index (χ4v) is 5.49. The molecule has 0 radical (unpaired) electrons. The van der Waals surface area contributed by atoms with E-state index in [0.29, 0.717) is 25.3 Å². The second kappa shape index (κ2) is 10.9. The van der Waals surface area contributed by atoms with Gasteiger partial charge in [0.05, 0.1) is 19.1 Å². The topological polar surface area (TPSA) is 49.9 Å². The van der Waals surface area contributed by atoms with Gasteiger partial charge in [-0.1, -0.05) is 61.9 Å². The molecule has 2 saturated heterocycles. The minimum atomic E-state index is -0.270. The lowest BCUT2D eigenvalue weighted by Gasteiger charge is -2.44. The number of para-hydroxylation sites is 1. The van der Waals surface area contributed by atoms with Crippen molar-refractivity contribution in [3.63, 3.8) is 0 Å². The first kappa shape index (κ1) is 23.3. The predicted molar refractivity (Wildman–Crippen MR) is 130 cm³/mol. The molecule has 0 spiro atoms. The Kier molecular flexibility index (Phi) is 7.69. The zero-order valence-electron chi connectivity index (χ0n) is 19.9. The maximum atomic E-state index is 13.9. The van der Waals surface area contributed by atoms with Crippen LogP contribution in [0.2, 0.25) is 0 Å². The van der Waals surface area contributed by atoms with Crippen LogP contribution in [0.5, 0.6) is 5.75 Å². The van der Waals surface area contributed by atoms with Gasteiger partial charge in [-0.3, -0.25) is 9.59 Å². The van der Waals surface area contributed by atoms with Gasteiger partial charge < -0.3 is 14.5 Å². The van der Waals surface area contributed by atoms with Crippen LogP contribution in [-0.2, 0) is 9.59 Å². The molecule has 2 unspecified atom stereocenters. The van der Waals surface area contributed by atoms with Gasteiger partial charge in [0.25, 0.3) is 0 Å². The van der Waals surface area contributed by atoms with Gasteiger partial charge in [0.15, 0.2) is 0 Å². The van der Waals surface area contributed by atoms with E-state index < -0.39 is 0 Å². The number of rotatable bonds is 7. The summed E-state index contributed by atoms with van der Waals surface area (Å²) < 4.78 is 5.66. The normalized spacial score (nSPS) is 21.8. The molecule has 0 aromatic heterocycles. The molecule has 0 saturated carbocycles. The summed E-state index contributed by atoms with van der Waals surface area (Å²) in [4.78, 5) is 30.8. The molecule has 33 heavy (non-hydrogen) atoms. The van der Waals surface area contributed by atoms with Crippen LogP contribution in [0.3, 0.4) is 0 Å². The molecule has 2 heterocycles. The standard InChI is InChI=1S/C28H36N2O3/c1-3-4-18-30-26(31)15-14-24(27(30)23-12-8-9-13-25(23)33-2)28(32)29-19-16-22(17-20-29)21-10-6-5-7-11-21/h5-13,22,24,27H,3-4,14-20H2,1-2H3. The number of amides is 2. The molecule has 176 valence electrons. The lowest BCUT2D eigenvalue weighted by molar-refractivity contribution is -0.148. The molecule has 5 nitrogen and oxygen atoms in total. The third-order valence-corrected chi connectivity index (χ3v) is 7.31. The Hall–Kier alpha value is -2.82. The van der Waals surface area contributed by atoms with Crippen LogP contribution in [-0.4, -0.2) is 48.4 Å². The molecule has 4 rings (SSSR count). The van der Waals surface area contributed by atoms with Crippen LogP contribution < -0.4 is 4.74 Å². The minimum absolute atomic E-state index is 0.145. The first-order chi connectivity index (χ1) is 16.1. The van der Waals surface area contributed by atoms with Gasteiger partial charge >= 0.3 is 0 Å². The van der Waals surface area contributed by atoms with Crippen molar-refractivity contribution < 1.29 is 14.3 Å². The van der Waals surface area contributed by atoms with Crippen molar-refractivity contribution >= 4 is 11.8 Å². The van der Waals surface area contributed by atoms with Crippen molar-refractivity contribution in [2.75, 3.05) is 26.7 Å². The molecule has 2 aliphatic heterocycles. The van der Waals surface area contributed by atoms with Crippen LogP contribution in [0, 0.1) is 5.92 Å². The maximum Gasteiger partial charge on any atom is 0.228 e. The fraction of sp³-hybridized carbons (Fsp3) is 0.500.